The second kappa shape index (κ2) is 8.75. The van der Waals surface area contributed by atoms with Gasteiger partial charge in [0.05, 0.1) is 18.1 Å². The summed E-state index contributed by atoms with van der Waals surface area (Å²) in [6.07, 6.45) is 6.30. The van der Waals surface area contributed by atoms with Gasteiger partial charge in [0.2, 0.25) is 0 Å². The van der Waals surface area contributed by atoms with Crippen molar-refractivity contribution in [1.29, 1.82) is 0 Å². The summed E-state index contributed by atoms with van der Waals surface area (Å²) in [5.41, 5.74) is 4.36. The van der Waals surface area contributed by atoms with Gasteiger partial charge < -0.3 is 19.4 Å². The normalized spacial score (nSPS) is 14.4. The molecule has 4 aromatic rings. The molecule has 1 amide bonds. The zero-order valence-corrected chi connectivity index (χ0v) is 18.9. The van der Waals surface area contributed by atoms with E-state index in [1.807, 2.05) is 18.2 Å². The molecular formula is C25H24FN5O3. The van der Waals surface area contributed by atoms with Gasteiger partial charge >= 0.3 is 0 Å². The third kappa shape index (κ3) is 3.84. The summed E-state index contributed by atoms with van der Waals surface area (Å²) in [5, 5.41) is 2.57. The molecule has 5 rings (SSSR count). The Hall–Kier alpha value is -3.98. The topological polar surface area (TPSA) is 91.7 Å². The Morgan fingerprint density at radius 3 is 2.82 bits per heavy atom. The molecular weight excluding hydrogens is 437 g/mol. The van der Waals surface area contributed by atoms with E-state index in [9.17, 15) is 14.0 Å². The zero-order valence-electron chi connectivity index (χ0n) is 18.9. The summed E-state index contributed by atoms with van der Waals surface area (Å²) in [6, 6.07) is 8.66. The van der Waals surface area contributed by atoms with Crippen LogP contribution in [0.25, 0.3) is 22.1 Å². The van der Waals surface area contributed by atoms with Crippen LogP contribution >= 0.6 is 0 Å². The number of rotatable bonds is 5. The second-order valence-corrected chi connectivity index (χ2v) is 8.24. The van der Waals surface area contributed by atoms with Crippen molar-refractivity contribution in [3.8, 4) is 5.75 Å². The Bertz CT molecular complexity index is 1490. The molecule has 0 bridgehead atoms. The molecule has 0 aliphatic carbocycles. The molecule has 1 aliphatic heterocycles. The SMILES string of the molecule is CNC(=O)c1ccc(C2=CCN(Cc3cc4[nH]c(=O)c5c(F)ccn5c4cc3OC)CC2)cn1. The minimum absolute atomic E-state index is 0.00570. The van der Waals surface area contributed by atoms with Crippen LogP contribution in [-0.2, 0) is 6.54 Å². The molecule has 0 radical (unpaired) electrons. The van der Waals surface area contributed by atoms with Crippen molar-refractivity contribution >= 4 is 28.0 Å². The van der Waals surface area contributed by atoms with Crippen LogP contribution in [0.5, 0.6) is 5.75 Å². The lowest BCUT2D eigenvalue weighted by atomic mass is 10.00. The van der Waals surface area contributed by atoms with Gasteiger partial charge in [0.15, 0.2) is 5.82 Å². The van der Waals surface area contributed by atoms with E-state index < -0.39 is 11.4 Å². The zero-order chi connectivity index (χ0) is 23.8. The number of nitrogens with one attached hydrogen (secondary N) is 2. The van der Waals surface area contributed by atoms with Gasteiger partial charge in [0.1, 0.15) is 17.0 Å². The van der Waals surface area contributed by atoms with Crippen LogP contribution in [0.1, 0.15) is 28.0 Å². The number of carbonyl (C=O) groups is 1. The molecule has 3 aromatic heterocycles. The number of methoxy groups -OCH3 is 1. The Morgan fingerprint density at radius 1 is 1.29 bits per heavy atom. The van der Waals surface area contributed by atoms with Crippen LogP contribution in [0.4, 0.5) is 4.39 Å². The first-order valence-corrected chi connectivity index (χ1v) is 11.0. The molecule has 34 heavy (non-hydrogen) atoms. The summed E-state index contributed by atoms with van der Waals surface area (Å²) in [7, 11) is 3.19. The van der Waals surface area contributed by atoms with Crippen molar-refractivity contribution in [2.45, 2.75) is 13.0 Å². The number of carbonyl (C=O) groups excluding carboxylic acids is 1. The fraction of sp³-hybridized carbons (Fsp3) is 0.240. The number of benzene rings is 1. The van der Waals surface area contributed by atoms with Crippen molar-refractivity contribution in [3.63, 3.8) is 0 Å². The van der Waals surface area contributed by atoms with E-state index in [4.69, 9.17) is 4.74 Å². The van der Waals surface area contributed by atoms with Gasteiger partial charge in [0, 0.05) is 50.7 Å². The fourth-order valence-corrected chi connectivity index (χ4v) is 4.44. The van der Waals surface area contributed by atoms with Gasteiger partial charge in [-0.2, -0.15) is 0 Å². The largest absolute Gasteiger partial charge is 0.496 e. The fourth-order valence-electron chi connectivity index (χ4n) is 4.44. The molecule has 2 N–H and O–H groups in total. The highest BCUT2D eigenvalue weighted by Gasteiger charge is 2.18. The number of H-pyrrole nitrogens is 1. The predicted molar refractivity (Wildman–Crippen MR) is 128 cm³/mol. The molecule has 4 heterocycles. The molecule has 9 heteroatoms. The first-order valence-electron chi connectivity index (χ1n) is 11.0. The molecule has 0 fully saturated rings. The summed E-state index contributed by atoms with van der Waals surface area (Å²) in [6.45, 7) is 2.21. The highest BCUT2D eigenvalue weighted by molar-refractivity contribution is 5.92. The lowest BCUT2D eigenvalue weighted by Gasteiger charge is -2.27. The Balaban J connectivity index is 1.38. The summed E-state index contributed by atoms with van der Waals surface area (Å²) < 4.78 is 21.2. The van der Waals surface area contributed by atoms with Gasteiger partial charge in [-0.1, -0.05) is 12.1 Å². The number of amides is 1. The third-order valence-electron chi connectivity index (χ3n) is 6.24. The minimum atomic E-state index is -0.555. The molecule has 1 aromatic carbocycles. The van der Waals surface area contributed by atoms with E-state index >= 15 is 0 Å². The van der Waals surface area contributed by atoms with E-state index in [2.05, 4.69) is 26.3 Å². The molecule has 0 saturated heterocycles. The summed E-state index contributed by atoms with van der Waals surface area (Å²) in [4.78, 5) is 33.4. The standard InChI is InChI=1S/C25H24FN5O3/c1-27-24(32)19-4-3-16(13-28-19)15-5-8-30(9-6-15)14-17-11-20-21(12-22(17)34-2)31-10-7-18(26)23(31)25(33)29-20/h3-5,7,10-13H,6,8-9,14H2,1-2H3,(H,27,32)(H,29,33). The van der Waals surface area contributed by atoms with E-state index in [1.165, 1.54) is 11.6 Å². The average Bonchev–Trinajstić information content (AvgIpc) is 3.26. The lowest BCUT2D eigenvalue weighted by molar-refractivity contribution is 0.0958. The number of ether oxygens (including phenoxy) is 1. The van der Waals surface area contributed by atoms with Gasteiger partial charge in [-0.05, 0) is 35.8 Å². The van der Waals surface area contributed by atoms with Crippen molar-refractivity contribution in [1.82, 2.24) is 24.6 Å². The maximum absolute atomic E-state index is 14.0. The number of hydrogen-bond acceptors (Lipinski definition) is 5. The predicted octanol–water partition coefficient (Wildman–Crippen LogP) is 2.97. The number of aromatic nitrogens is 3. The van der Waals surface area contributed by atoms with Crippen LogP contribution in [0.3, 0.4) is 0 Å². The highest BCUT2D eigenvalue weighted by Crippen LogP contribution is 2.29. The summed E-state index contributed by atoms with van der Waals surface area (Å²) in [5.74, 6) is -0.0806. The number of hydrogen-bond donors (Lipinski definition) is 2. The van der Waals surface area contributed by atoms with Gasteiger partial charge in [-0.25, -0.2) is 4.39 Å². The summed E-state index contributed by atoms with van der Waals surface area (Å²) >= 11 is 0. The van der Waals surface area contributed by atoms with Crippen LogP contribution in [0.2, 0.25) is 0 Å². The molecule has 0 spiro atoms. The Labute approximate surface area is 194 Å². The molecule has 1 aliphatic rings. The van der Waals surface area contributed by atoms with E-state index in [-0.39, 0.29) is 11.4 Å². The maximum Gasteiger partial charge on any atom is 0.275 e. The number of halogens is 1. The molecule has 8 nitrogen and oxygen atoms in total. The van der Waals surface area contributed by atoms with Crippen molar-refractivity contribution in [2.24, 2.45) is 0 Å². The highest BCUT2D eigenvalue weighted by atomic mass is 19.1. The molecule has 0 unspecified atom stereocenters. The number of fused-ring (bicyclic) bond motifs is 3. The third-order valence-corrected chi connectivity index (χ3v) is 6.24. The van der Waals surface area contributed by atoms with Crippen molar-refractivity contribution in [3.05, 3.63) is 81.8 Å². The van der Waals surface area contributed by atoms with Gasteiger partial charge in [-0.3, -0.25) is 19.5 Å². The minimum Gasteiger partial charge on any atom is -0.496 e. The number of aromatic amines is 1. The first kappa shape index (κ1) is 21.8. The van der Waals surface area contributed by atoms with Crippen LogP contribution in [-0.4, -0.2) is 52.4 Å². The number of pyridine rings is 1. The van der Waals surface area contributed by atoms with Crippen LogP contribution in [0, 0.1) is 5.82 Å². The van der Waals surface area contributed by atoms with Crippen molar-refractivity contribution in [2.75, 3.05) is 27.2 Å². The second-order valence-electron chi connectivity index (χ2n) is 8.24. The van der Waals surface area contributed by atoms with E-state index in [0.717, 1.165) is 30.6 Å². The van der Waals surface area contributed by atoms with Crippen molar-refractivity contribution < 1.29 is 13.9 Å². The molecule has 174 valence electrons. The monoisotopic (exact) mass is 461 g/mol. The Kier molecular flexibility index (Phi) is 5.62. The van der Waals surface area contributed by atoms with E-state index in [0.29, 0.717) is 29.0 Å². The van der Waals surface area contributed by atoms with E-state index in [1.54, 1.807) is 37.0 Å². The number of nitrogens with zero attached hydrogens (tertiary/aromatic N) is 3. The lowest BCUT2D eigenvalue weighted by Crippen LogP contribution is -2.28. The smallest absolute Gasteiger partial charge is 0.275 e. The first-order chi connectivity index (χ1) is 16.5. The van der Waals surface area contributed by atoms with Gasteiger partial charge in [0.25, 0.3) is 11.5 Å². The average molecular weight is 461 g/mol. The maximum atomic E-state index is 14.0. The molecule has 0 saturated carbocycles. The van der Waals surface area contributed by atoms with Gasteiger partial charge in [-0.15, -0.1) is 0 Å². The quantitative estimate of drug-likeness (QED) is 0.477. The van der Waals surface area contributed by atoms with Crippen LogP contribution < -0.4 is 15.6 Å². The van der Waals surface area contributed by atoms with Crippen LogP contribution in [0.15, 0.2) is 53.6 Å². The Morgan fingerprint density at radius 2 is 2.15 bits per heavy atom. The molecule has 0 atom stereocenters.